The van der Waals surface area contributed by atoms with Crippen LogP contribution in [0.15, 0.2) is 35.2 Å². The highest BCUT2D eigenvalue weighted by Crippen LogP contribution is 2.23. The van der Waals surface area contributed by atoms with E-state index < -0.39 is 10.0 Å². The van der Waals surface area contributed by atoms with E-state index in [-0.39, 0.29) is 30.8 Å². The van der Waals surface area contributed by atoms with Gasteiger partial charge in [0, 0.05) is 52.4 Å². The second kappa shape index (κ2) is 10.4. The number of piperidine rings is 1. The normalized spacial score (nSPS) is 22.0. The van der Waals surface area contributed by atoms with Crippen LogP contribution in [0.2, 0.25) is 0 Å². The zero-order chi connectivity index (χ0) is 18.4. The summed E-state index contributed by atoms with van der Waals surface area (Å²) in [6.45, 7) is 6.17. The largest absolute Gasteiger partial charge is 0.355 e. The van der Waals surface area contributed by atoms with Crippen molar-refractivity contribution in [3.63, 3.8) is 0 Å². The van der Waals surface area contributed by atoms with Gasteiger partial charge in [-0.2, -0.15) is 4.31 Å². The molecule has 3 rings (SSSR count). The number of carbonyl (C=O) groups excluding carboxylic acids is 1. The highest BCUT2D eigenvalue weighted by atomic mass is 35.5. The van der Waals surface area contributed by atoms with Gasteiger partial charge in [0.1, 0.15) is 0 Å². The molecule has 2 aliphatic rings. The topological polar surface area (TPSA) is 81.8 Å². The molecule has 0 radical (unpaired) electrons. The van der Waals surface area contributed by atoms with E-state index in [0.29, 0.717) is 24.4 Å². The van der Waals surface area contributed by atoms with Crippen molar-refractivity contribution in [1.29, 1.82) is 0 Å². The van der Waals surface area contributed by atoms with E-state index in [9.17, 15) is 13.2 Å². The Kier molecular flexibility index (Phi) is 8.50. The fourth-order valence-corrected chi connectivity index (χ4v) is 5.08. The lowest BCUT2D eigenvalue weighted by Gasteiger charge is -2.31. The summed E-state index contributed by atoms with van der Waals surface area (Å²) in [6.07, 6.45) is 1.45. The van der Waals surface area contributed by atoms with E-state index in [4.69, 9.17) is 0 Å². The van der Waals surface area contributed by atoms with Crippen molar-refractivity contribution >= 4 is 28.3 Å². The van der Waals surface area contributed by atoms with Crippen LogP contribution in [0.3, 0.4) is 0 Å². The first-order valence-corrected chi connectivity index (χ1v) is 10.8. The molecule has 0 saturated carbocycles. The summed E-state index contributed by atoms with van der Waals surface area (Å²) in [5.41, 5.74) is 0. The second-order valence-corrected chi connectivity index (χ2v) is 8.84. The van der Waals surface area contributed by atoms with E-state index in [1.54, 1.807) is 30.3 Å². The Morgan fingerprint density at radius 2 is 1.85 bits per heavy atom. The van der Waals surface area contributed by atoms with Gasteiger partial charge in [0.2, 0.25) is 15.9 Å². The molecule has 1 amide bonds. The Bertz CT molecular complexity index is 696. The molecule has 1 unspecified atom stereocenters. The molecule has 0 bridgehead atoms. The Balaban J connectivity index is 0.00000261. The molecule has 2 fully saturated rings. The number of halogens is 1. The van der Waals surface area contributed by atoms with E-state index >= 15 is 0 Å². The Labute approximate surface area is 167 Å². The maximum absolute atomic E-state index is 12.8. The molecule has 1 aromatic carbocycles. The maximum Gasteiger partial charge on any atom is 0.243 e. The number of piperazine rings is 1. The number of hydrogen-bond acceptors (Lipinski definition) is 5. The minimum absolute atomic E-state index is 0. The SMILES string of the molecule is Cl.O=C(NCCN1CCNCC1)C1CCCN(S(=O)(=O)c2ccccc2)C1. The molecule has 152 valence electrons. The summed E-state index contributed by atoms with van der Waals surface area (Å²) in [5.74, 6) is -0.307. The number of hydrogen-bond donors (Lipinski definition) is 2. The van der Waals surface area contributed by atoms with Crippen molar-refractivity contribution < 1.29 is 13.2 Å². The molecule has 9 heteroatoms. The standard InChI is InChI=1S/C18H28N4O3S.ClH/c23-18(20-10-14-21-12-8-19-9-13-21)16-5-4-11-22(15-16)26(24,25)17-6-2-1-3-7-17;/h1-3,6-7,16,19H,4-5,8-15H2,(H,20,23);1H. The molecule has 27 heavy (non-hydrogen) atoms. The fourth-order valence-electron chi connectivity index (χ4n) is 3.53. The molecule has 1 atom stereocenters. The minimum Gasteiger partial charge on any atom is -0.355 e. The lowest BCUT2D eigenvalue weighted by molar-refractivity contribution is -0.126. The van der Waals surface area contributed by atoms with Gasteiger partial charge in [0.25, 0.3) is 0 Å². The molecule has 1 aromatic rings. The smallest absolute Gasteiger partial charge is 0.243 e. The summed E-state index contributed by atoms with van der Waals surface area (Å²) in [4.78, 5) is 15.1. The van der Waals surface area contributed by atoms with Gasteiger partial charge in [-0.15, -0.1) is 12.4 Å². The highest BCUT2D eigenvalue weighted by molar-refractivity contribution is 7.89. The molecule has 2 aliphatic heterocycles. The number of rotatable bonds is 6. The average molecular weight is 417 g/mol. The summed E-state index contributed by atoms with van der Waals surface area (Å²) in [6, 6.07) is 8.44. The van der Waals surface area contributed by atoms with Crippen LogP contribution in [0.5, 0.6) is 0 Å². The van der Waals surface area contributed by atoms with Gasteiger partial charge in [-0.05, 0) is 25.0 Å². The van der Waals surface area contributed by atoms with Crippen LogP contribution in [-0.4, -0.2) is 75.9 Å². The summed E-state index contributed by atoms with van der Waals surface area (Å²) < 4.78 is 27.0. The van der Waals surface area contributed by atoms with Crippen LogP contribution in [0.25, 0.3) is 0 Å². The van der Waals surface area contributed by atoms with Crippen LogP contribution in [0.1, 0.15) is 12.8 Å². The average Bonchev–Trinajstić information content (AvgIpc) is 2.69. The van der Waals surface area contributed by atoms with E-state index in [1.165, 1.54) is 4.31 Å². The highest BCUT2D eigenvalue weighted by Gasteiger charge is 2.33. The number of amides is 1. The number of benzene rings is 1. The predicted octanol–water partition coefficient (Wildman–Crippen LogP) is 0.531. The Morgan fingerprint density at radius 3 is 2.56 bits per heavy atom. The molecular weight excluding hydrogens is 388 g/mol. The molecule has 0 spiro atoms. The quantitative estimate of drug-likeness (QED) is 0.707. The van der Waals surface area contributed by atoms with Crippen LogP contribution in [-0.2, 0) is 14.8 Å². The number of nitrogens with one attached hydrogen (secondary N) is 2. The monoisotopic (exact) mass is 416 g/mol. The van der Waals surface area contributed by atoms with Crippen molar-refractivity contribution in [3.05, 3.63) is 30.3 Å². The van der Waals surface area contributed by atoms with Crippen molar-refractivity contribution in [1.82, 2.24) is 19.8 Å². The third-order valence-electron chi connectivity index (χ3n) is 5.07. The lowest BCUT2D eigenvalue weighted by atomic mass is 9.99. The number of nitrogens with zero attached hydrogens (tertiary/aromatic N) is 2. The van der Waals surface area contributed by atoms with Crippen LogP contribution in [0.4, 0.5) is 0 Å². The fraction of sp³-hybridized carbons (Fsp3) is 0.611. The van der Waals surface area contributed by atoms with Gasteiger partial charge >= 0.3 is 0 Å². The van der Waals surface area contributed by atoms with Gasteiger partial charge < -0.3 is 10.6 Å². The van der Waals surface area contributed by atoms with Crippen molar-refractivity contribution in [2.75, 3.05) is 52.4 Å². The molecule has 0 aromatic heterocycles. The van der Waals surface area contributed by atoms with Crippen molar-refractivity contribution in [2.45, 2.75) is 17.7 Å². The first-order chi connectivity index (χ1) is 12.6. The zero-order valence-corrected chi connectivity index (χ0v) is 17.1. The van der Waals surface area contributed by atoms with Crippen molar-refractivity contribution in [2.24, 2.45) is 5.92 Å². The third kappa shape index (κ3) is 5.89. The Hall–Kier alpha value is -1.19. The Morgan fingerprint density at radius 1 is 1.15 bits per heavy atom. The van der Waals surface area contributed by atoms with Gasteiger partial charge in [-0.1, -0.05) is 18.2 Å². The molecular formula is C18H29ClN4O3S. The van der Waals surface area contributed by atoms with Gasteiger partial charge in [-0.3, -0.25) is 9.69 Å². The molecule has 7 nitrogen and oxygen atoms in total. The minimum atomic E-state index is -3.53. The summed E-state index contributed by atoms with van der Waals surface area (Å²) >= 11 is 0. The molecule has 2 saturated heterocycles. The van der Waals surface area contributed by atoms with Crippen LogP contribution < -0.4 is 10.6 Å². The maximum atomic E-state index is 12.8. The summed E-state index contributed by atoms with van der Waals surface area (Å²) in [7, 11) is -3.53. The first kappa shape index (κ1) is 22.1. The molecule has 0 aliphatic carbocycles. The van der Waals surface area contributed by atoms with Gasteiger partial charge in [0.15, 0.2) is 0 Å². The van der Waals surface area contributed by atoms with Crippen LogP contribution in [0, 0.1) is 5.92 Å². The summed E-state index contributed by atoms with van der Waals surface area (Å²) in [5, 5.41) is 6.30. The van der Waals surface area contributed by atoms with Gasteiger partial charge in [-0.25, -0.2) is 8.42 Å². The van der Waals surface area contributed by atoms with Crippen molar-refractivity contribution in [3.8, 4) is 0 Å². The van der Waals surface area contributed by atoms with Gasteiger partial charge in [0.05, 0.1) is 10.8 Å². The van der Waals surface area contributed by atoms with E-state index in [1.807, 2.05) is 0 Å². The number of sulfonamides is 1. The first-order valence-electron chi connectivity index (χ1n) is 9.33. The molecule has 2 heterocycles. The molecule has 2 N–H and O–H groups in total. The second-order valence-electron chi connectivity index (χ2n) is 6.90. The van der Waals surface area contributed by atoms with Crippen LogP contribution >= 0.6 is 12.4 Å². The third-order valence-corrected chi connectivity index (χ3v) is 6.95. The predicted molar refractivity (Wildman–Crippen MR) is 107 cm³/mol. The number of carbonyl (C=O) groups is 1. The van der Waals surface area contributed by atoms with E-state index in [0.717, 1.165) is 39.1 Å². The zero-order valence-electron chi connectivity index (χ0n) is 15.5. The van der Waals surface area contributed by atoms with E-state index in [2.05, 4.69) is 15.5 Å². The lowest BCUT2D eigenvalue weighted by Crippen LogP contribution is -2.48.